The van der Waals surface area contributed by atoms with Gasteiger partial charge in [-0.15, -0.1) is 0 Å². The molecule has 0 N–H and O–H groups in total. The summed E-state index contributed by atoms with van der Waals surface area (Å²) in [6.45, 7) is 10.3. The Morgan fingerprint density at radius 3 is 1.59 bits per heavy atom. The fraction of sp³-hybridized carbons (Fsp3) is 0.923. The molecule has 0 aromatic heterocycles. The third-order valence-electron chi connectivity index (χ3n) is 8.89. The fourth-order valence-electron chi connectivity index (χ4n) is 5.81. The van der Waals surface area contributed by atoms with E-state index in [1.165, 1.54) is 44.9 Å². The molecule has 0 aliphatic rings. The summed E-state index contributed by atoms with van der Waals surface area (Å²) in [6.07, 6.45) is 27.4. The van der Waals surface area contributed by atoms with Gasteiger partial charge >= 0.3 is 11.9 Å². The van der Waals surface area contributed by atoms with E-state index >= 15 is 0 Å². The van der Waals surface area contributed by atoms with Crippen molar-refractivity contribution in [2.45, 2.75) is 194 Å². The van der Waals surface area contributed by atoms with E-state index in [-0.39, 0.29) is 23.9 Å². The molecule has 0 aliphatic heterocycles. The summed E-state index contributed by atoms with van der Waals surface area (Å²) in [7, 11) is 3.65. The van der Waals surface area contributed by atoms with Crippen molar-refractivity contribution in [2.75, 3.05) is 40.3 Å². The molecule has 1 amide bonds. The number of carbonyl (C=O) groups excluding carboxylic acids is 3. The summed E-state index contributed by atoms with van der Waals surface area (Å²) in [5, 5.41) is 0. The van der Waals surface area contributed by atoms with Crippen LogP contribution in [-0.2, 0) is 23.9 Å². The minimum atomic E-state index is -0.0391. The zero-order chi connectivity index (χ0) is 34.1. The highest BCUT2D eigenvalue weighted by Gasteiger charge is 2.14. The predicted octanol–water partition coefficient (Wildman–Crippen LogP) is 10.0. The summed E-state index contributed by atoms with van der Waals surface area (Å²) in [4.78, 5) is 40.7. The monoisotopic (exact) mass is 653 g/mol. The quantitative estimate of drug-likeness (QED) is 0.0509. The highest BCUT2D eigenvalue weighted by Crippen LogP contribution is 2.16. The lowest BCUT2D eigenvalue weighted by atomic mass is 10.1. The molecule has 0 fully saturated rings. The molecule has 0 radical (unpaired) electrons. The summed E-state index contributed by atoms with van der Waals surface area (Å²) in [6, 6.07) is 0. The van der Waals surface area contributed by atoms with Crippen molar-refractivity contribution in [3.05, 3.63) is 0 Å². The van der Waals surface area contributed by atoms with Crippen molar-refractivity contribution >= 4 is 17.8 Å². The van der Waals surface area contributed by atoms with Crippen molar-refractivity contribution in [1.82, 2.24) is 9.80 Å². The second-order valence-corrected chi connectivity index (χ2v) is 13.7. The number of unbranched alkanes of at least 4 members (excludes halogenated alkanes) is 15. The average Bonchev–Trinajstić information content (AvgIpc) is 3.03. The first kappa shape index (κ1) is 44.4. The molecule has 0 aliphatic carbocycles. The Hall–Kier alpha value is -1.63. The minimum absolute atomic E-state index is 0.0100. The number of ether oxygens (including phenoxy) is 2. The van der Waals surface area contributed by atoms with E-state index in [0.717, 1.165) is 122 Å². The number of amides is 1. The topological polar surface area (TPSA) is 76.1 Å². The normalized spacial score (nSPS) is 12.0. The number of esters is 2. The van der Waals surface area contributed by atoms with Gasteiger partial charge in [-0.05, 0) is 77.4 Å². The van der Waals surface area contributed by atoms with Gasteiger partial charge in [0, 0.05) is 33.4 Å². The molecule has 0 saturated carbocycles. The maximum absolute atomic E-state index is 12.4. The van der Waals surface area contributed by atoms with Crippen LogP contribution in [0.2, 0.25) is 0 Å². The minimum Gasteiger partial charge on any atom is -0.466 e. The first-order chi connectivity index (χ1) is 22.3. The van der Waals surface area contributed by atoms with Crippen molar-refractivity contribution in [1.29, 1.82) is 0 Å². The Labute approximate surface area is 285 Å². The van der Waals surface area contributed by atoms with Crippen molar-refractivity contribution in [2.24, 2.45) is 0 Å². The van der Waals surface area contributed by atoms with Crippen LogP contribution in [0.4, 0.5) is 0 Å². The zero-order valence-electron chi connectivity index (χ0n) is 31.2. The van der Waals surface area contributed by atoms with Crippen LogP contribution in [0.5, 0.6) is 0 Å². The molecule has 7 heteroatoms. The number of carbonyl (C=O) groups is 3. The molecule has 0 spiro atoms. The lowest BCUT2D eigenvalue weighted by molar-refractivity contribution is -0.150. The Morgan fingerprint density at radius 1 is 0.500 bits per heavy atom. The standard InChI is InChI=1S/C39H76N2O5/c1-6-9-12-19-25-35-45-38(43)30-21-15-13-17-23-32-41(34-26-29-37(42)40(4)5)33-24-18-14-16-22-31-39(44)46-36(27-11-8-3)28-20-10-7-2/h36H,6-35H2,1-5H3. The van der Waals surface area contributed by atoms with Crippen LogP contribution in [0.3, 0.4) is 0 Å². The van der Waals surface area contributed by atoms with Crippen molar-refractivity contribution < 1.29 is 23.9 Å². The van der Waals surface area contributed by atoms with Crippen molar-refractivity contribution in [3.63, 3.8) is 0 Å². The number of hydrogen-bond acceptors (Lipinski definition) is 6. The number of rotatable bonds is 34. The Morgan fingerprint density at radius 2 is 0.978 bits per heavy atom. The van der Waals surface area contributed by atoms with Gasteiger partial charge in [0.1, 0.15) is 6.10 Å². The molecular formula is C39H76N2O5. The van der Waals surface area contributed by atoms with Crippen LogP contribution in [-0.4, -0.2) is 74.1 Å². The molecular weight excluding hydrogens is 576 g/mol. The SMILES string of the molecule is CCCCCCCOC(=O)CCCCCCCN(CCCCCCCC(=O)OC(CCCC)CCCCC)CCCC(=O)N(C)C. The lowest BCUT2D eigenvalue weighted by Crippen LogP contribution is -2.29. The van der Waals surface area contributed by atoms with Gasteiger partial charge in [0.2, 0.25) is 5.91 Å². The molecule has 0 bridgehead atoms. The Kier molecular flexibility index (Phi) is 32.1. The molecule has 0 saturated heterocycles. The van der Waals surface area contributed by atoms with Crippen LogP contribution in [0, 0.1) is 0 Å². The van der Waals surface area contributed by atoms with Gasteiger partial charge < -0.3 is 19.3 Å². The van der Waals surface area contributed by atoms with Crippen LogP contribution in [0.25, 0.3) is 0 Å². The van der Waals surface area contributed by atoms with E-state index in [1.54, 1.807) is 4.90 Å². The maximum atomic E-state index is 12.4. The highest BCUT2D eigenvalue weighted by atomic mass is 16.5. The third kappa shape index (κ3) is 29.8. The van der Waals surface area contributed by atoms with Gasteiger partial charge in [0.05, 0.1) is 6.61 Å². The van der Waals surface area contributed by atoms with E-state index in [0.29, 0.717) is 25.9 Å². The third-order valence-corrected chi connectivity index (χ3v) is 8.89. The summed E-state index contributed by atoms with van der Waals surface area (Å²) in [5.41, 5.74) is 0. The molecule has 46 heavy (non-hydrogen) atoms. The predicted molar refractivity (Wildman–Crippen MR) is 193 cm³/mol. The summed E-state index contributed by atoms with van der Waals surface area (Å²) < 4.78 is 11.2. The second kappa shape index (κ2) is 33.3. The number of hydrogen-bond donors (Lipinski definition) is 0. The average molecular weight is 653 g/mol. The molecule has 7 nitrogen and oxygen atoms in total. The van der Waals surface area contributed by atoms with Crippen LogP contribution >= 0.6 is 0 Å². The van der Waals surface area contributed by atoms with Gasteiger partial charge in [0.25, 0.3) is 0 Å². The van der Waals surface area contributed by atoms with E-state index < -0.39 is 0 Å². The van der Waals surface area contributed by atoms with Gasteiger partial charge in [-0.1, -0.05) is 111 Å². The molecule has 0 aromatic carbocycles. The second-order valence-electron chi connectivity index (χ2n) is 13.7. The lowest BCUT2D eigenvalue weighted by Gasteiger charge is -2.22. The van der Waals surface area contributed by atoms with E-state index in [9.17, 15) is 14.4 Å². The molecule has 1 atom stereocenters. The van der Waals surface area contributed by atoms with E-state index in [4.69, 9.17) is 9.47 Å². The Bertz CT molecular complexity index is 714. The van der Waals surface area contributed by atoms with Gasteiger partial charge in [-0.3, -0.25) is 14.4 Å². The zero-order valence-corrected chi connectivity index (χ0v) is 31.2. The summed E-state index contributed by atoms with van der Waals surface area (Å²) >= 11 is 0. The number of nitrogens with zero attached hydrogens (tertiary/aromatic N) is 2. The highest BCUT2D eigenvalue weighted by molar-refractivity contribution is 5.75. The smallest absolute Gasteiger partial charge is 0.306 e. The van der Waals surface area contributed by atoms with E-state index in [1.807, 2.05) is 14.1 Å². The van der Waals surface area contributed by atoms with Crippen LogP contribution < -0.4 is 0 Å². The Balaban J connectivity index is 4.18. The molecule has 272 valence electrons. The maximum Gasteiger partial charge on any atom is 0.306 e. The van der Waals surface area contributed by atoms with Crippen molar-refractivity contribution in [3.8, 4) is 0 Å². The first-order valence-corrected chi connectivity index (χ1v) is 19.6. The fourth-order valence-corrected chi connectivity index (χ4v) is 5.81. The van der Waals surface area contributed by atoms with Crippen LogP contribution in [0.1, 0.15) is 188 Å². The summed E-state index contributed by atoms with van der Waals surface area (Å²) in [5.74, 6) is 0.151. The molecule has 0 rings (SSSR count). The molecule has 1 unspecified atom stereocenters. The van der Waals surface area contributed by atoms with Gasteiger partial charge in [-0.2, -0.15) is 0 Å². The first-order valence-electron chi connectivity index (χ1n) is 19.6. The largest absolute Gasteiger partial charge is 0.466 e. The van der Waals surface area contributed by atoms with E-state index in [2.05, 4.69) is 25.7 Å². The molecule has 0 heterocycles. The molecule has 0 aromatic rings. The van der Waals surface area contributed by atoms with Gasteiger partial charge in [0.15, 0.2) is 0 Å². The van der Waals surface area contributed by atoms with Gasteiger partial charge in [-0.25, -0.2) is 0 Å². The van der Waals surface area contributed by atoms with Crippen LogP contribution in [0.15, 0.2) is 0 Å².